The highest BCUT2D eigenvalue weighted by atomic mass is 19.1. The minimum Gasteiger partial charge on any atom is -0.481 e. The molecule has 1 N–H and O–H groups in total. The van der Waals surface area contributed by atoms with E-state index >= 15 is 0 Å². The van der Waals surface area contributed by atoms with Gasteiger partial charge in [0.25, 0.3) is 0 Å². The molecule has 0 atom stereocenters. The molecule has 0 saturated heterocycles. The number of rotatable bonds is 7. The summed E-state index contributed by atoms with van der Waals surface area (Å²) in [6.45, 7) is 2.68. The van der Waals surface area contributed by atoms with Gasteiger partial charge in [-0.1, -0.05) is 13.3 Å². The Bertz CT molecular complexity index is 410. The Labute approximate surface area is 105 Å². The largest absolute Gasteiger partial charge is 0.481 e. The summed E-state index contributed by atoms with van der Waals surface area (Å²) < 4.78 is 26.7. The molecule has 5 heteroatoms. The summed E-state index contributed by atoms with van der Waals surface area (Å²) in [5.41, 5.74) is 0.129. The van der Waals surface area contributed by atoms with E-state index in [-0.39, 0.29) is 18.7 Å². The molecule has 3 nitrogen and oxygen atoms in total. The predicted molar refractivity (Wildman–Crippen MR) is 65.7 cm³/mol. The van der Waals surface area contributed by atoms with E-state index in [1.807, 2.05) is 6.92 Å². The van der Waals surface area contributed by atoms with Crippen molar-refractivity contribution >= 4 is 11.7 Å². The maximum atomic E-state index is 13.6. The maximum absolute atomic E-state index is 13.6. The van der Waals surface area contributed by atoms with Gasteiger partial charge in [0, 0.05) is 19.2 Å². The highest BCUT2D eigenvalue weighted by molar-refractivity contribution is 5.67. The van der Waals surface area contributed by atoms with Crippen molar-refractivity contribution in [1.29, 1.82) is 0 Å². The molecule has 100 valence electrons. The van der Waals surface area contributed by atoms with Crippen LogP contribution in [0.5, 0.6) is 0 Å². The molecular formula is C13H17F2NO2. The molecule has 1 aromatic carbocycles. The van der Waals surface area contributed by atoms with Gasteiger partial charge in [0.2, 0.25) is 0 Å². The van der Waals surface area contributed by atoms with Crippen LogP contribution in [0.15, 0.2) is 18.2 Å². The van der Waals surface area contributed by atoms with Gasteiger partial charge < -0.3 is 10.0 Å². The smallest absolute Gasteiger partial charge is 0.305 e. The summed E-state index contributed by atoms with van der Waals surface area (Å²) in [6, 6.07) is 3.21. The van der Waals surface area contributed by atoms with Gasteiger partial charge in [-0.25, -0.2) is 8.78 Å². The molecule has 0 aromatic heterocycles. The molecule has 0 spiro atoms. The van der Waals surface area contributed by atoms with Crippen LogP contribution >= 0.6 is 0 Å². The molecule has 18 heavy (non-hydrogen) atoms. The molecule has 1 aromatic rings. The first-order valence-electron chi connectivity index (χ1n) is 5.96. The highest BCUT2D eigenvalue weighted by Crippen LogP contribution is 2.21. The molecule has 0 amide bonds. The van der Waals surface area contributed by atoms with Crippen molar-refractivity contribution in [3.63, 3.8) is 0 Å². The lowest BCUT2D eigenvalue weighted by Crippen LogP contribution is -2.28. The first-order chi connectivity index (χ1) is 8.54. The van der Waals surface area contributed by atoms with E-state index < -0.39 is 17.6 Å². The number of hydrogen-bond donors (Lipinski definition) is 1. The summed E-state index contributed by atoms with van der Waals surface area (Å²) in [7, 11) is 0. The molecule has 0 aliphatic heterocycles. The fourth-order valence-electron chi connectivity index (χ4n) is 1.66. The number of nitrogens with zero attached hydrogens (tertiary/aromatic N) is 1. The number of carboxylic acids is 1. The summed E-state index contributed by atoms with van der Waals surface area (Å²) >= 11 is 0. The monoisotopic (exact) mass is 257 g/mol. The minimum atomic E-state index is -0.951. The van der Waals surface area contributed by atoms with Crippen molar-refractivity contribution in [3.05, 3.63) is 29.8 Å². The van der Waals surface area contributed by atoms with Gasteiger partial charge in [-0.05, 0) is 18.6 Å². The minimum absolute atomic E-state index is 0.0976. The van der Waals surface area contributed by atoms with Crippen LogP contribution in [0.1, 0.15) is 26.2 Å². The zero-order valence-corrected chi connectivity index (χ0v) is 10.3. The van der Waals surface area contributed by atoms with Crippen LogP contribution in [-0.2, 0) is 4.79 Å². The number of hydrogen-bond acceptors (Lipinski definition) is 2. The van der Waals surface area contributed by atoms with E-state index in [4.69, 9.17) is 5.11 Å². The molecule has 1 rings (SSSR count). The van der Waals surface area contributed by atoms with E-state index in [0.717, 1.165) is 31.0 Å². The number of carboxylic acid groups (broad SMARTS) is 1. The molecule has 0 radical (unpaired) electrons. The van der Waals surface area contributed by atoms with Gasteiger partial charge in [0.15, 0.2) is 0 Å². The highest BCUT2D eigenvalue weighted by Gasteiger charge is 2.13. The summed E-state index contributed by atoms with van der Waals surface area (Å²) in [6.07, 6.45) is 1.61. The van der Waals surface area contributed by atoms with Gasteiger partial charge in [0.1, 0.15) is 11.6 Å². The van der Waals surface area contributed by atoms with Gasteiger partial charge in [-0.3, -0.25) is 4.79 Å². The quantitative estimate of drug-likeness (QED) is 0.816. The second-order valence-corrected chi connectivity index (χ2v) is 4.08. The van der Waals surface area contributed by atoms with E-state index in [1.54, 1.807) is 4.90 Å². The van der Waals surface area contributed by atoms with E-state index in [1.165, 1.54) is 0 Å². The topological polar surface area (TPSA) is 40.5 Å². The van der Waals surface area contributed by atoms with Gasteiger partial charge >= 0.3 is 5.97 Å². The van der Waals surface area contributed by atoms with Crippen LogP contribution in [-0.4, -0.2) is 24.2 Å². The van der Waals surface area contributed by atoms with Crippen molar-refractivity contribution in [3.8, 4) is 0 Å². The lowest BCUT2D eigenvalue weighted by molar-refractivity contribution is -0.136. The van der Waals surface area contributed by atoms with Gasteiger partial charge in [-0.2, -0.15) is 0 Å². The van der Waals surface area contributed by atoms with Crippen LogP contribution < -0.4 is 4.90 Å². The summed E-state index contributed by atoms with van der Waals surface area (Å²) in [5.74, 6) is -2.01. The molecule has 0 heterocycles. The molecule has 0 unspecified atom stereocenters. The summed E-state index contributed by atoms with van der Waals surface area (Å²) in [4.78, 5) is 12.1. The molecule has 0 saturated carbocycles. The lowest BCUT2D eigenvalue weighted by atomic mass is 10.2. The van der Waals surface area contributed by atoms with Crippen LogP contribution in [0.25, 0.3) is 0 Å². The third kappa shape index (κ3) is 4.31. The van der Waals surface area contributed by atoms with Crippen LogP contribution in [0, 0.1) is 11.6 Å². The molecule has 0 aliphatic carbocycles. The maximum Gasteiger partial charge on any atom is 0.305 e. The second kappa shape index (κ2) is 6.93. The third-order valence-corrected chi connectivity index (χ3v) is 2.63. The standard InChI is InChI=1S/C13H17F2NO2/c1-2-3-7-16(8-6-13(17)18)12-9-10(14)4-5-11(12)15/h4-5,9H,2-3,6-8H2,1H3,(H,17,18). The Kier molecular flexibility index (Phi) is 5.55. The number of aliphatic carboxylic acids is 1. The van der Waals surface area contributed by atoms with E-state index in [0.29, 0.717) is 6.54 Å². The number of anilines is 1. The average Bonchev–Trinajstić information content (AvgIpc) is 2.32. The zero-order chi connectivity index (χ0) is 13.5. The fourth-order valence-corrected chi connectivity index (χ4v) is 1.66. The first-order valence-corrected chi connectivity index (χ1v) is 5.96. The molecule has 0 fully saturated rings. The van der Waals surface area contributed by atoms with E-state index in [9.17, 15) is 13.6 Å². The molecule has 0 aliphatic rings. The van der Waals surface area contributed by atoms with Crippen LogP contribution in [0.3, 0.4) is 0 Å². The Morgan fingerprint density at radius 1 is 1.33 bits per heavy atom. The fraction of sp³-hybridized carbons (Fsp3) is 0.462. The normalized spacial score (nSPS) is 10.4. The molecular weight excluding hydrogens is 240 g/mol. The van der Waals surface area contributed by atoms with Crippen molar-refractivity contribution in [2.24, 2.45) is 0 Å². The lowest BCUT2D eigenvalue weighted by Gasteiger charge is -2.24. The number of benzene rings is 1. The number of halogens is 2. The average molecular weight is 257 g/mol. The van der Waals surface area contributed by atoms with Crippen molar-refractivity contribution in [2.75, 3.05) is 18.0 Å². The second-order valence-electron chi connectivity index (χ2n) is 4.08. The van der Waals surface area contributed by atoms with Crippen LogP contribution in [0.4, 0.5) is 14.5 Å². The predicted octanol–water partition coefficient (Wildman–Crippen LogP) is 3.05. The zero-order valence-electron chi connectivity index (χ0n) is 10.3. The molecule has 0 bridgehead atoms. The Morgan fingerprint density at radius 3 is 2.67 bits per heavy atom. The van der Waals surface area contributed by atoms with Crippen molar-refractivity contribution in [1.82, 2.24) is 0 Å². The van der Waals surface area contributed by atoms with Gasteiger partial charge in [-0.15, -0.1) is 0 Å². The third-order valence-electron chi connectivity index (χ3n) is 2.63. The number of unbranched alkanes of at least 4 members (excludes halogenated alkanes) is 1. The Morgan fingerprint density at radius 2 is 2.06 bits per heavy atom. The Hall–Kier alpha value is -1.65. The summed E-state index contributed by atoms with van der Waals surface area (Å²) in [5, 5.41) is 8.66. The van der Waals surface area contributed by atoms with Crippen molar-refractivity contribution < 1.29 is 18.7 Å². The first kappa shape index (κ1) is 14.4. The van der Waals surface area contributed by atoms with E-state index in [2.05, 4.69) is 0 Å². The Balaban J connectivity index is 2.85. The van der Waals surface area contributed by atoms with Gasteiger partial charge in [0.05, 0.1) is 12.1 Å². The SMILES string of the molecule is CCCCN(CCC(=O)O)c1cc(F)ccc1F. The number of carbonyl (C=O) groups is 1. The van der Waals surface area contributed by atoms with Crippen LogP contribution in [0.2, 0.25) is 0 Å². The van der Waals surface area contributed by atoms with Crippen molar-refractivity contribution in [2.45, 2.75) is 26.2 Å².